The summed E-state index contributed by atoms with van der Waals surface area (Å²) < 4.78 is 0. The van der Waals surface area contributed by atoms with Gasteiger partial charge in [-0.25, -0.2) is 0 Å². The lowest BCUT2D eigenvalue weighted by molar-refractivity contribution is 0.590. The molecule has 0 saturated carbocycles. The van der Waals surface area contributed by atoms with Crippen molar-refractivity contribution in [2.45, 2.75) is 39.0 Å². The van der Waals surface area contributed by atoms with Crippen LogP contribution in [0.25, 0.3) is 0 Å². The standard InChI is InChI=1S/C15H22N2/c1-15(2,3)13-7-9-14(10-8-13)17(4)12-6-5-11-16/h7-10H,5-6,12H2,1-4H3. The summed E-state index contributed by atoms with van der Waals surface area (Å²) in [5.41, 5.74) is 2.78. The predicted molar refractivity (Wildman–Crippen MR) is 73.3 cm³/mol. The molecular weight excluding hydrogens is 208 g/mol. The molecule has 2 nitrogen and oxygen atoms in total. The van der Waals surface area contributed by atoms with Gasteiger partial charge in [0, 0.05) is 25.7 Å². The van der Waals surface area contributed by atoms with Gasteiger partial charge in [-0.1, -0.05) is 32.9 Å². The van der Waals surface area contributed by atoms with Gasteiger partial charge >= 0.3 is 0 Å². The maximum atomic E-state index is 8.51. The number of hydrogen-bond donors (Lipinski definition) is 0. The molecule has 1 aromatic rings. The molecule has 0 fully saturated rings. The molecule has 0 bridgehead atoms. The quantitative estimate of drug-likeness (QED) is 0.737. The van der Waals surface area contributed by atoms with Crippen LogP contribution in [0.4, 0.5) is 5.69 Å². The Bertz CT molecular complexity index is 379. The third-order valence-corrected chi connectivity index (χ3v) is 2.96. The molecule has 0 aromatic heterocycles. The fourth-order valence-electron chi connectivity index (χ4n) is 1.74. The van der Waals surface area contributed by atoms with Crippen LogP contribution in [0.15, 0.2) is 24.3 Å². The summed E-state index contributed by atoms with van der Waals surface area (Å²) in [6.45, 7) is 7.60. The van der Waals surface area contributed by atoms with E-state index in [1.807, 2.05) is 0 Å². The van der Waals surface area contributed by atoms with Crippen molar-refractivity contribution in [2.75, 3.05) is 18.5 Å². The van der Waals surface area contributed by atoms with E-state index in [2.05, 4.69) is 63.1 Å². The number of benzene rings is 1. The molecule has 0 aliphatic carbocycles. The monoisotopic (exact) mass is 230 g/mol. The van der Waals surface area contributed by atoms with Crippen LogP contribution in [0.1, 0.15) is 39.2 Å². The molecule has 0 spiro atoms. The summed E-state index contributed by atoms with van der Waals surface area (Å²) in [4.78, 5) is 2.20. The van der Waals surface area contributed by atoms with E-state index in [1.165, 1.54) is 11.3 Å². The fourth-order valence-corrected chi connectivity index (χ4v) is 1.74. The SMILES string of the molecule is CN(CCCC#N)c1ccc(C(C)(C)C)cc1. The summed E-state index contributed by atoms with van der Waals surface area (Å²) in [5.74, 6) is 0. The van der Waals surface area contributed by atoms with Gasteiger partial charge < -0.3 is 4.90 Å². The van der Waals surface area contributed by atoms with Crippen molar-refractivity contribution >= 4 is 5.69 Å². The largest absolute Gasteiger partial charge is 0.375 e. The third kappa shape index (κ3) is 4.11. The second kappa shape index (κ2) is 5.72. The second-order valence-electron chi connectivity index (χ2n) is 5.48. The molecule has 0 aliphatic rings. The zero-order valence-electron chi connectivity index (χ0n) is 11.3. The molecule has 1 rings (SSSR count). The lowest BCUT2D eigenvalue weighted by atomic mass is 9.87. The van der Waals surface area contributed by atoms with Crippen LogP contribution >= 0.6 is 0 Å². The smallest absolute Gasteiger partial charge is 0.0622 e. The van der Waals surface area contributed by atoms with E-state index in [9.17, 15) is 0 Å². The Morgan fingerprint density at radius 1 is 1.18 bits per heavy atom. The first-order chi connectivity index (χ1) is 7.95. The van der Waals surface area contributed by atoms with Crippen LogP contribution in [0.5, 0.6) is 0 Å². The van der Waals surface area contributed by atoms with Crippen LogP contribution in [0, 0.1) is 11.3 Å². The summed E-state index contributed by atoms with van der Waals surface area (Å²) in [6, 6.07) is 10.9. The van der Waals surface area contributed by atoms with Gasteiger partial charge in [-0.3, -0.25) is 0 Å². The highest BCUT2D eigenvalue weighted by Gasteiger charge is 2.13. The maximum absolute atomic E-state index is 8.51. The molecule has 0 unspecified atom stereocenters. The molecule has 2 heteroatoms. The van der Waals surface area contributed by atoms with Crippen molar-refractivity contribution in [1.82, 2.24) is 0 Å². The second-order valence-corrected chi connectivity index (χ2v) is 5.48. The number of nitriles is 1. The number of rotatable bonds is 4. The van der Waals surface area contributed by atoms with Crippen molar-refractivity contribution in [3.05, 3.63) is 29.8 Å². The molecule has 0 atom stereocenters. The Hall–Kier alpha value is -1.49. The molecule has 0 radical (unpaired) electrons. The minimum absolute atomic E-state index is 0.206. The molecule has 92 valence electrons. The topological polar surface area (TPSA) is 27.0 Å². The third-order valence-electron chi connectivity index (χ3n) is 2.96. The number of unbranched alkanes of at least 4 members (excludes halogenated alkanes) is 1. The van der Waals surface area contributed by atoms with Crippen LogP contribution in [0.3, 0.4) is 0 Å². The van der Waals surface area contributed by atoms with Crippen molar-refractivity contribution in [2.24, 2.45) is 0 Å². The van der Waals surface area contributed by atoms with Gasteiger partial charge in [-0.2, -0.15) is 5.26 Å². The highest BCUT2D eigenvalue weighted by Crippen LogP contribution is 2.24. The molecule has 0 saturated heterocycles. The Labute approximate surface area is 105 Å². The number of hydrogen-bond acceptors (Lipinski definition) is 2. The van der Waals surface area contributed by atoms with E-state index in [-0.39, 0.29) is 5.41 Å². The van der Waals surface area contributed by atoms with Gasteiger partial charge in [0.1, 0.15) is 0 Å². The van der Waals surface area contributed by atoms with Crippen molar-refractivity contribution in [3.63, 3.8) is 0 Å². The first kappa shape index (κ1) is 13.6. The van der Waals surface area contributed by atoms with E-state index < -0.39 is 0 Å². The molecular formula is C15H22N2. The molecule has 0 amide bonds. The molecule has 0 aliphatic heterocycles. The van der Waals surface area contributed by atoms with E-state index in [0.29, 0.717) is 6.42 Å². The van der Waals surface area contributed by atoms with E-state index in [4.69, 9.17) is 5.26 Å². The van der Waals surface area contributed by atoms with Gasteiger partial charge in [0.05, 0.1) is 6.07 Å². The Morgan fingerprint density at radius 2 is 1.76 bits per heavy atom. The van der Waals surface area contributed by atoms with Crippen LogP contribution in [-0.2, 0) is 5.41 Å². The minimum atomic E-state index is 0.206. The Balaban J connectivity index is 2.65. The zero-order chi connectivity index (χ0) is 12.9. The van der Waals surface area contributed by atoms with E-state index in [1.54, 1.807) is 0 Å². The number of nitrogens with zero attached hydrogens (tertiary/aromatic N) is 2. The molecule has 1 aromatic carbocycles. The highest BCUT2D eigenvalue weighted by atomic mass is 15.1. The van der Waals surface area contributed by atoms with Gasteiger partial charge in [0.2, 0.25) is 0 Å². The summed E-state index contributed by atoms with van der Waals surface area (Å²) in [7, 11) is 2.07. The van der Waals surface area contributed by atoms with Crippen LogP contribution in [-0.4, -0.2) is 13.6 Å². The first-order valence-corrected chi connectivity index (χ1v) is 6.14. The number of anilines is 1. The zero-order valence-corrected chi connectivity index (χ0v) is 11.3. The predicted octanol–water partition coefficient (Wildman–Crippen LogP) is 3.72. The van der Waals surface area contributed by atoms with E-state index in [0.717, 1.165) is 13.0 Å². The summed E-state index contributed by atoms with van der Waals surface area (Å²) >= 11 is 0. The highest BCUT2D eigenvalue weighted by molar-refractivity contribution is 5.47. The first-order valence-electron chi connectivity index (χ1n) is 6.14. The summed E-state index contributed by atoms with van der Waals surface area (Å²) in [5, 5.41) is 8.51. The Kier molecular flexibility index (Phi) is 4.57. The van der Waals surface area contributed by atoms with Crippen molar-refractivity contribution < 1.29 is 0 Å². The summed E-state index contributed by atoms with van der Waals surface area (Å²) in [6.07, 6.45) is 1.55. The van der Waals surface area contributed by atoms with Gasteiger partial charge in [0.25, 0.3) is 0 Å². The maximum Gasteiger partial charge on any atom is 0.0622 e. The molecule has 0 N–H and O–H groups in total. The fraction of sp³-hybridized carbons (Fsp3) is 0.533. The lowest BCUT2D eigenvalue weighted by Gasteiger charge is -2.22. The lowest BCUT2D eigenvalue weighted by Crippen LogP contribution is -2.18. The minimum Gasteiger partial charge on any atom is -0.375 e. The average molecular weight is 230 g/mol. The van der Waals surface area contributed by atoms with Crippen molar-refractivity contribution in [1.29, 1.82) is 5.26 Å². The van der Waals surface area contributed by atoms with Crippen molar-refractivity contribution in [3.8, 4) is 6.07 Å². The Morgan fingerprint density at radius 3 is 2.24 bits per heavy atom. The average Bonchev–Trinajstić information content (AvgIpc) is 2.28. The van der Waals surface area contributed by atoms with Crippen LogP contribution in [0.2, 0.25) is 0 Å². The normalized spacial score (nSPS) is 11.0. The van der Waals surface area contributed by atoms with Gasteiger partial charge in [0.15, 0.2) is 0 Å². The van der Waals surface area contributed by atoms with E-state index >= 15 is 0 Å². The molecule has 17 heavy (non-hydrogen) atoms. The van der Waals surface area contributed by atoms with Gasteiger partial charge in [-0.05, 0) is 29.5 Å². The van der Waals surface area contributed by atoms with Gasteiger partial charge in [-0.15, -0.1) is 0 Å². The van der Waals surface area contributed by atoms with Crippen LogP contribution < -0.4 is 4.90 Å². The molecule has 0 heterocycles.